The third-order valence-electron chi connectivity index (χ3n) is 4.19. The highest BCUT2D eigenvalue weighted by Crippen LogP contribution is 2.26. The van der Waals surface area contributed by atoms with Gasteiger partial charge in [-0.25, -0.2) is 8.78 Å². The number of aromatic amines is 1. The van der Waals surface area contributed by atoms with Crippen LogP contribution in [0.1, 0.15) is 18.9 Å². The molecule has 11 heteroatoms. The molecule has 3 aromatic rings. The Morgan fingerprint density at radius 2 is 1.75 bits per heavy atom. The molecular formula is C21H19F2N5O3S. The lowest BCUT2D eigenvalue weighted by Crippen LogP contribution is -2.18. The molecule has 2 amide bonds. The lowest BCUT2D eigenvalue weighted by atomic mass is 10.1. The summed E-state index contributed by atoms with van der Waals surface area (Å²) in [6.07, 6.45) is 0.273. The van der Waals surface area contributed by atoms with Crippen LogP contribution in [0.2, 0.25) is 0 Å². The number of hydrogen-bond donors (Lipinski definition) is 3. The van der Waals surface area contributed by atoms with Gasteiger partial charge < -0.3 is 10.6 Å². The molecule has 0 aliphatic carbocycles. The molecule has 0 saturated heterocycles. The summed E-state index contributed by atoms with van der Waals surface area (Å²) in [5.41, 5.74) is 1.16. The van der Waals surface area contributed by atoms with Gasteiger partial charge in [-0.3, -0.25) is 19.4 Å². The van der Waals surface area contributed by atoms with Gasteiger partial charge in [0.15, 0.2) is 10.9 Å². The van der Waals surface area contributed by atoms with Crippen LogP contribution < -0.4 is 16.2 Å². The van der Waals surface area contributed by atoms with Gasteiger partial charge >= 0.3 is 0 Å². The number of hydrogen-bond acceptors (Lipinski definition) is 6. The van der Waals surface area contributed by atoms with Gasteiger partial charge in [0.25, 0.3) is 5.56 Å². The Morgan fingerprint density at radius 1 is 1.03 bits per heavy atom. The number of aryl methyl sites for hydroxylation is 1. The van der Waals surface area contributed by atoms with E-state index in [1.54, 1.807) is 25.1 Å². The van der Waals surface area contributed by atoms with Gasteiger partial charge in [-0.2, -0.15) is 0 Å². The summed E-state index contributed by atoms with van der Waals surface area (Å²) in [6.45, 7) is 3.55. The Labute approximate surface area is 185 Å². The number of carbonyl (C=O) groups is 2. The van der Waals surface area contributed by atoms with E-state index < -0.39 is 23.1 Å². The van der Waals surface area contributed by atoms with Crippen LogP contribution in [0.5, 0.6) is 0 Å². The molecule has 0 atom stereocenters. The smallest absolute Gasteiger partial charge is 0.278 e. The van der Waals surface area contributed by atoms with E-state index in [9.17, 15) is 23.2 Å². The molecule has 3 N–H and O–H groups in total. The number of H-pyrrole nitrogens is 1. The fourth-order valence-electron chi connectivity index (χ4n) is 2.72. The number of anilines is 2. The SMILES string of the molecule is CCC(=O)Nc1ccc(C)cc1-c1nnc(SCC(=O)Nc2cc(F)cc(F)c2)[nH]c1=O. The first kappa shape index (κ1) is 23.1. The van der Waals surface area contributed by atoms with Crippen LogP contribution in [0.3, 0.4) is 0 Å². The van der Waals surface area contributed by atoms with Crippen LogP contribution in [0.4, 0.5) is 20.2 Å². The minimum absolute atomic E-state index is 0.0177. The topological polar surface area (TPSA) is 117 Å². The van der Waals surface area contributed by atoms with Crippen molar-refractivity contribution in [2.24, 2.45) is 0 Å². The van der Waals surface area contributed by atoms with E-state index in [4.69, 9.17) is 0 Å². The predicted octanol–water partition coefficient (Wildman–Crippen LogP) is 3.50. The molecule has 0 unspecified atom stereocenters. The zero-order chi connectivity index (χ0) is 23.3. The number of halogens is 2. The lowest BCUT2D eigenvalue weighted by Gasteiger charge is -2.11. The second-order valence-corrected chi connectivity index (χ2v) is 7.72. The molecule has 2 aromatic carbocycles. The first-order valence-electron chi connectivity index (χ1n) is 9.51. The molecule has 0 fully saturated rings. The van der Waals surface area contributed by atoms with Crippen molar-refractivity contribution in [3.63, 3.8) is 0 Å². The third-order valence-corrected chi connectivity index (χ3v) is 5.05. The minimum Gasteiger partial charge on any atom is -0.325 e. The lowest BCUT2D eigenvalue weighted by molar-refractivity contribution is -0.116. The number of nitrogens with zero attached hydrogens (tertiary/aromatic N) is 2. The Kier molecular flexibility index (Phi) is 7.31. The number of rotatable bonds is 7. The number of carbonyl (C=O) groups excluding carboxylic acids is 2. The number of aromatic nitrogens is 3. The molecule has 0 radical (unpaired) electrons. The van der Waals surface area contributed by atoms with E-state index in [1.165, 1.54) is 0 Å². The zero-order valence-electron chi connectivity index (χ0n) is 17.2. The van der Waals surface area contributed by atoms with Crippen LogP contribution >= 0.6 is 11.8 Å². The van der Waals surface area contributed by atoms with Gasteiger partial charge in [-0.05, 0) is 31.2 Å². The van der Waals surface area contributed by atoms with Gasteiger partial charge in [0.1, 0.15) is 11.6 Å². The molecule has 3 rings (SSSR count). The molecular weight excluding hydrogens is 440 g/mol. The minimum atomic E-state index is -0.815. The number of thioether (sulfide) groups is 1. The summed E-state index contributed by atoms with van der Waals surface area (Å²) in [5, 5.41) is 13.1. The Bertz CT molecular complexity index is 1210. The molecule has 0 aliphatic rings. The van der Waals surface area contributed by atoms with Crippen LogP contribution in [-0.2, 0) is 9.59 Å². The van der Waals surface area contributed by atoms with Crippen LogP contribution in [0.15, 0.2) is 46.3 Å². The fourth-order valence-corrected chi connectivity index (χ4v) is 3.33. The highest BCUT2D eigenvalue weighted by molar-refractivity contribution is 7.99. The standard InChI is InChI=1S/C21H19F2N5O3S/c1-3-17(29)25-16-5-4-11(2)6-15(16)19-20(31)26-21(28-27-19)32-10-18(30)24-14-8-12(22)7-13(23)9-14/h4-9H,3,10H2,1-2H3,(H,24,30)(H,25,29)(H,26,28,31). The third kappa shape index (κ3) is 5.97. The summed E-state index contributed by atoms with van der Waals surface area (Å²) >= 11 is 0.897. The molecule has 0 bridgehead atoms. The maximum Gasteiger partial charge on any atom is 0.278 e. The molecule has 8 nitrogen and oxygen atoms in total. The number of amides is 2. The first-order chi connectivity index (χ1) is 15.2. The van der Waals surface area contributed by atoms with Crippen molar-refractivity contribution < 1.29 is 18.4 Å². The summed E-state index contributed by atoms with van der Waals surface area (Å²) in [4.78, 5) is 39.0. The van der Waals surface area contributed by atoms with E-state index in [1.807, 2.05) is 6.92 Å². The maximum absolute atomic E-state index is 13.2. The van der Waals surface area contributed by atoms with Gasteiger partial charge in [-0.15, -0.1) is 10.2 Å². The normalized spacial score (nSPS) is 10.6. The Balaban J connectivity index is 1.73. The summed E-state index contributed by atoms with van der Waals surface area (Å²) in [7, 11) is 0. The van der Waals surface area contributed by atoms with Crippen molar-refractivity contribution >= 4 is 35.0 Å². The fraction of sp³-hybridized carbons (Fsp3) is 0.190. The predicted molar refractivity (Wildman–Crippen MR) is 117 cm³/mol. The maximum atomic E-state index is 13.2. The highest BCUT2D eigenvalue weighted by atomic mass is 32.2. The van der Waals surface area contributed by atoms with Crippen LogP contribution in [0, 0.1) is 18.6 Å². The van der Waals surface area contributed by atoms with E-state index in [0.29, 0.717) is 17.3 Å². The molecule has 32 heavy (non-hydrogen) atoms. The first-order valence-corrected chi connectivity index (χ1v) is 10.5. The Hall–Kier alpha value is -3.60. The molecule has 0 spiro atoms. The monoisotopic (exact) mass is 459 g/mol. The molecule has 1 heterocycles. The van der Waals surface area contributed by atoms with Crippen molar-refractivity contribution in [3.8, 4) is 11.3 Å². The van der Waals surface area contributed by atoms with Gasteiger partial charge in [0.2, 0.25) is 11.8 Å². The largest absolute Gasteiger partial charge is 0.325 e. The van der Waals surface area contributed by atoms with Gasteiger partial charge in [0.05, 0.1) is 11.4 Å². The summed E-state index contributed by atoms with van der Waals surface area (Å²) < 4.78 is 26.4. The van der Waals surface area contributed by atoms with E-state index in [-0.39, 0.29) is 34.6 Å². The van der Waals surface area contributed by atoms with Gasteiger partial charge in [-0.1, -0.05) is 30.3 Å². The average Bonchev–Trinajstić information content (AvgIpc) is 2.73. The van der Waals surface area contributed by atoms with E-state index in [0.717, 1.165) is 29.5 Å². The number of benzene rings is 2. The number of nitrogens with one attached hydrogen (secondary N) is 3. The van der Waals surface area contributed by atoms with Crippen LogP contribution in [-0.4, -0.2) is 32.7 Å². The van der Waals surface area contributed by atoms with Crippen molar-refractivity contribution in [1.29, 1.82) is 0 Å². The second-order valence-electron chi connectivity index (χ2n) is 6.75. The zero-order valence-corrected chi connectivity index (χ0v) is 18.0. The summed E-state index contributed by atoms with van der Waals surface area (Å²) in [5.74, 6) is -2.57. The molecule has 166 valence electrons. The van der Waals surface area contributed by atoms with Gasteiger partial charge in [0, 0.05) is 23.7 Å². The van der Waals surface area contributed by atoms with Crippen molar-refractivity contribution in [2.75, 3.05) is 16.4 Å². The summed E-state index contributed by atoms with van der Waals surface area (Å²) in [6, 6.07) is 7.85. The van der Waals surface area contributed by atoms with Crippen molar-refractivity contribution in [1.82, 2.24) is 15.2 Å². The van der Waals surface area contributed by atoms with E-state index in [2.05, 4.69) is 25.8 Å². The van der Waals surface area contributed by atoms with Crippen molar-refractivity contribution in [3.05, 3.63) is 63.9 Å². The van der Waals surface area contributed by atoms with Crippen molar-refractivity contribution in [2.45, 2.75) is 25.4 Å². The molecule has 1 aromatic heterocycles. The quantitative estimate of drug-likeness (QED) is 0.466. The highest BCUT2D eigenvalue weighted by Gasteiger charge is 2.15. The molecule has 0 saturated carbocycles. The van der Waals surface area contributed by atoms with E-state index >= 15 is 0 Å². The second kappa shape index (κ2) is 10.1. The van der Waals surface area contributed by atoms with Crippen LogP contribution in [0.25, 0.3) is 11.3 Å². The molecule has 0 aliphatic heterocycles. The average molecular weight is 459 g/mol. The Morgan fingerprint density at radius 3 is 2.41 bits per heavy atom.